The molecule has 1 fully saturated rings. The third-order valence-electron chi connectivity index (χ3n) is 1.89. The molecular weight excluding hydrogens is 182 g/mol. The van der Waals surface area contributed by atoms with E-state index in [1.807, 2.05) is 0 Å². The summed E-state index contributed by atoms with van der Waals surface area (Å²) in [4.78, 5) is 4.83. The Labute approximate surface area is 84.9 Å². The van der Waals surface area contributed by atoms with Gasteiger partial charge in [-0.15, -0.1) is 0 Å². The van der Waals surface area contributed by atoms with E-state index in [4.69, 9.17) is 10.6 Å². The van der Waals surface area contributed by atoms with Crippen molar-refractivity contribution in [2.45, 2.75) is 6.23 Å². The third kappa shape index (κ3) is 7.19. The van der Waals surface area contributed by atoms with E-state index >= 15 is 0 Å². The predicted molar refractivity (Wildman–Crippen MR) is 55.7 cm³/mol. The molecule has 0 aliphatic carbocycles. The van der Waals surface area contributed by atoms with Crippen LogP contribution in [-0.2, 0) is 4.84 Å². The van der Waals surface area contributed by atoms with Crippen molar-refractivity contribution in [1.82, 2.24) is 21.4 Å². The van der Waals surface area contributed by atoms with Crippen molar-refractivity contribution in [3.8, 4) is 0 Å². The molecule has 0 aromatic heterocycles. The van der Waals surface area contributed by atoms with Crippen molar-refractivity contribution < 1.29 is 4.84 Å². The van der Waals surface area contributed by atoms with Gasteiger partial charge in [-0.3, -0.25) is 4.84 Å². The average molecular weight is 203 g/mol. The minimum Gasteiger partial charge on any atom is -0.329 e. The number of nitrogens with one attached hydrogen (secondary N) is 4. The number of hydrogen-bond acceptors (Lipinski definition) is 6. The van der Waals surface area contributed by atoms with Gasteiger partial charge in [0, 0.05) is 45.8 Å². The summed E-state index contributed by atoms with van der Waals surface area (Å²) >= 11 is 0. The topological polar surface area (TPSA) is 96.6 Å². The van der Waals surface area contributed by atoms with E-state index in [2.05, 4.69) is 21.4 Å². The summed E-state index contributed by atoms with van der Waals surface area (Å²) in [6, 6.07) is 0. The van der Waals surface area contributed by atoms with Gasteiger partial charge in [-0.25, -0.2) is 0 Å². The summed E-state index contributed by atoms with van der Waals surface area (Å²) in [5.74, 6) is 0. The van der Waals surface area contributed by atoms with Crippen LogP contribution in [0.25, 0.3) is 0 Å². The number of rotatable bonds is 10. The number of hydrogen-bond donors (Lipinski definition) is 5. The Balaban J connectivity index is 1.63. The van der Waals surface area contributed by atoms with E-state index in [1.54, 1.807) is 0 Å². The molecule has 1 unspecified atom stereocenters. The van der Waals surface area contributed by atoms with Crippen LogP contribution >= 0.6 is 0 Å². The molecule has 0 amide bonds. The summed E-state index contributed by atoms with van der Waals surface area (Å²) in [5, 5.41) is 9.79. The van der Waals surface area contributed by atoms with E-state index in [0.29, 0.717) is 6.54 Å². The monoisotopic (exact) mass is 203 g/mol. The Morgan fingerprint density at radius 3 is 2.14 bits per heavy atom. The molecule has 6 nitrogen and oxygen atoms in total. The maximum Gasteiger partial charge on any atom is 0.163 e. The zero-order chi connectivity index (χ0) is 10.1. The molecule has 0 saturated carbocycles. The molecule has 14 heavy (non-hydrogen) atoms. The first-order chi connectivity index (χ1) is 6.93. The molecular formula is C8H21N5O. The molecule has 0 spiro atoms. The lowest BCUT2D eigenvalue weighted by Gasteiger charge is -2.05. The van der Waals surface area contributed by atoms with E-state index in [1.165, 1.54) is 0 Å². The van der Waals surface area contributed by atoms with E-state index in [0.717, 1.165) is 39.3 Å². The molecule has 0 aromatic carbocycles. The molecule has 84 valence electrons. The van der Waals surface area contributed by atoms with Gasteiger partial charge >= 0.3 is 0 Å². The van der Waals surface area contributed by atoms with Gasteiger partial charge in [0.15, 0.2) is 6.23 Å². The first kappa shape index (κ1) is 11.8. The molecule has 1 aliphatic rings. The average Bonchev–Trinajstić information content (AvgIpc) is 2.99. The van der Waals surface area contributed by atoms with Gasteiger partial charge < -0.3 is 21.7 Å². The van der Waals surface area contributed by atoms with E-state index in [-0.39, 0.29) is 6.23 Å². The molecule has 0 bridgehead atoms. The van der Waals surface area contributed by atoms with Crippen LogP contribution in [0.15, 0.2) is 0 Å². The smallest absolute Gasteiger partial charge is 0.163 e. The maximum atomic E-state index is 5.33. The van der Waals surface area contributed by atoms with Crippen molar-refractivity contribution in [3.05, 3.63) is 0 Å². The van der Waals surface area contributed by atoms with Gasteiger partial charge in [-0.2, -0.15) is 5.48 Å². The summed E-state index contributed by atoms with van der Waals surface area (Å²) in [6.45, 7) is 6.40. The third-order valence-corrected chi connectivity index (χ3v) is 1.89. The molecule has 0 aromatic rings. The van der Waals surface area contributed by atoms with Crippen LogP contribution in [0, 0.1) is 0 Å². The van der Waals surface area contributed by atoms with Crippen molar-refractivity contribution in [1.29, 1.82) is 0 Å². The summed E-state index contributed by atoms with van der Waals surface area (Å²) in [7, 11) is 0. The number of nitrogens with two attached hydrogens (primary N) is 1. The first-order valence-corrected chi connectivity index (χ1v) is 5.17. The maximum absolute atomic E-state index is 5.33. The molecule has 6 heteroatoms. The molecule has 1 atom stereocenters. The second-order valence-electron chi connectivity index (χ2n) is 3.22. The fraction of sp³-hybridized carbons (Fsp3) is 1.00. The normalized spacial score (nSPS) is 19.9. The van der Waals surface area contributed by atoms with Crippen LogP contribution in [0.5, 0.6) is 0 Å². The van der Waals surface area contributed by atoms with Crippen molar-refractivity contribution in [3.63, 3.8) is 0 Å². The minimum atomic E-state index is 0.237. The second kappa shape index (κ2) is 8.10. The van der Waals surface area contributed by atoms with Crippen LogP contribution in [0.2, 0.25) is 0 Å². The highest BCUT2D eigenvalue weighted by Gasteiger charge is 2.20. The van der Waals surface area contributed by atoms with Crippen molar-refractivity contribution >= 4 is 0 Å². The molecule has 1 heterocycles. The SMILES string of the molecule is NCCNCCNCCNCC1NO1. The largest absolute Gasteiger partial charge is 0.329 e. The van der Waals surface area contributed by atoms with Crippen LogP contribution in [-0.4, -0.2) is 52.0 Å². The Morgan fingerprint density at radius 1 is 1.00 bits per heavy atom. The van der Waals surface area contributed by atoms with Gasteiger partial charge in [0.05, 0.1) is 0 Å². The van der Waals surface area contributed by atoms with Gasteiger partial charge in [0.25, 0.3) is 0 Å². The van der Waals surface area contributed by atoms with Crippen molar-refractivity contribution in [2.75, 3.05) is 45.8 Å². The van der Waals surface area contributed by atoms with Crippen LogP contribution in [0.1, 0.15) is 0 Å². The summed E-state index contributed by atoms with van der Waals surface area (Å²) in [5.41, 5.74) is 8.09. The minimum absolute atomic E-state index is 0.237. The zero-order valence-electron chi connectivity index (χ0n) is 8.51. The lowest BCUT2D eigenvalue weighted by molar-refractivity contribution is 0.364. The summed E-state index contributed by atoms with van der Waals surface area (Å²) in [6.07, 6.45) is 0.237. The quantitative estimate of drug-likeness (QED) is 0.200. The zero-order valence-corrected chi connectivity index (χ0v) is 8.51. The Kier molecular flexibility index (Phi) is 6.85. The molecule has 6 N–H and O–H groups in total. The Morgan fingerprint density at radius 2 is 1.57 bits per heavy atom. The molecule has 0 radical (unpaired) electrons. The van der Waals surface area contributed by atoms with Crippen LogP contribution in [0.3, 0.4) is 0 Å². The molecule has 1 aliphatic heterocycles. The van der Waals surface area contributed by atoms with Gasteiger partial charge in [0.1, 0.15) is 0 Å². The lowest BCUT2D eigenvalue weighted by atomic mass is 10.5. The Bertz CT molecular complexity index is 131. The van der Waals surface area contributed by atoms with Crippen LogP contribution in [0.4, 0.5) is 0 Å². The van der Waals surface area contributed by atoms with E-state index in [9.17, 15) is 0 Å². The van der Waals surface area contributed by atoms with Gasteiger partial charge in [-0.1, -0.05) is 0 Å². The van der Waals surface area contributed by atoms with Crippen molar-refractivity contribution in [2.24, 2.45) is 5.73 Å². The summed E-state index contributed by atoms with van der Waals surface area (Å²) < 4.78 is 0. The molecule has 1 saturated heterocycles. The fourth-order valence-electron chi connectivity index (χ4n) is 1.07. The molecule has 1 rings (SSSR count). The van der Waals surface area contributed by atoms with Gasteiger partial charge in [0.2, 0.25) is 0 Å². The van der Waals surface area contributed by atoms with Gasteiger partial charge in [-0.05, 0) is 0 Å². The standard InChI is InChI=1S/C8H21N5O/c9-1-2-10-3-4-11-5-6-12-7-8-13-14-8/h8,10-13H,1-7,9H2. The highest BCUT2D eigenvalue weighted by Crippen LogP contribution is 1.94. The van der Waals surface area contributed by atoms with Crippen LogP contribution < -0.4 is 27.2 Å². The highest BCUT2D eigenvalue weighted by atomic mass is 16.8. The second-order valence-corrected chi connectivity index (χ2v) is 3.22. The van der Waals surface area contributed by atoms with E-state index < -0.39 is 0 Å². The highest BCUT2D eigenvalue weighted by molar-refractivity contribution is 4.62. The first-order valence-electron chi connectivity index (χ1n) is 5.17. The fourth-order valence-corrected chi connectivity index (χ4v) is 1.07. The number of hydroxylamine groups is 1. The Hall–Kier alpha value is -0.240. The predicted octanol–water partition coefficient (Wildman–Crippen LogP) is -2.43. The lowest BCUT2D eigenvalue weighted by Crippen LogP contribution is -2.35.